The highest BCUT2D eigenvalue weighted by atomic mass is 16.4. The number of aromatic nitrogens is 2. The van der Waals surface area contributed by atoms with Gasteiger partial charge in [0.15, 0.2) is 0 Å². The van der Waals surface area contributed by atoms with Crippen LogP contribution in [0, 0.1) is 5.92 Å². The number of carboxylic acid groups (broad SMARTS) is 1. The summed E-state index contributed by atoms with van der Waals surface area (Å²) in [6, 6.07) is 8.14. The highest BCUT2D eigenvalue weighted by Gasteiger charge is 2.28. The monoisotopic (exact) mass is 299 g/mol. The first-order valence-corrected chi connectivity index (χ1v) is 7.66. The van der Waals surface area contributed by atoms with Crippen LogP contribution in [0.1, 0.15) is 17.5 Å². The summed E-state index contributed by atoms with van der Waals surface area (Å²) in [5, 5.41) is 13.5. The van der Waals surface area contributed by atoms with Gasteiger partial charge in [-0.05, 0) is 36.5 Å². The van der Waals surface area contributed by atoms with Crippen LogP contribution in [0.5, 0.6) is 0 Å². The topological polar surface area (TPSA) is 58.4 Å². The molecule has 5 nitrogen and oxygen atoms in total. The van der Waals surface area contributed by atoms with Gasteiger partial charge in [0, 0.05) is 32.0 Å². The molecule has 0 saturated carbocycles. The Morgan fingerprint density at radius 1 is 1.41 bits per heavy atom. The molecule has 0 saturated heterocycles. The number of rotatable bonds is 5. The third kappa shape index (κ3) is 3.13. The number of carboxylic acids is 1. The predicted octanol–water partition coefficient (Wildman–Crippen LogP) is 2.12. The van der Waals surface area contributed by atoms with E-state index >= 15 is 0 Å². The predicted molar refractivity (Wildman–Crippen MR) is 85.0 cm³/mol. The van der Waals surface area contributed by atoms with E-state index in [1.807, 2.05) is 42.3 Å². The minimum absolute atomic E-state index is 0.312. The van der Waals surface area contributed by atoms with Crippen molar-refractivity contribution >= 4 is 11.7 Å². The Kier molecular flexibility index (Phi) is 4.13. The molecule has 1 aliphatic heterocycles. The molecule has 2 heterocycles. The largest absolute Gasteiger partial charge is 0.481 e. The lowest BCUT2D eigenvalue weighted by Crippen LogP contribution is -2.39. The van der Waals surface area contributed by atoms with Gasteiger partial charge in [0.1, 0.15) is 0 Å². The SMILES string of the molecule is Cn1cc(CCCN2CC(C(=O)O)Cc3ccccc32)cn1. The molecule has 0 fully saturated rings. The van der Waals surface area contributed by atoms with Crippen molar-refractivity contribution in [3.05, 3.63) is 47.8 Å². The van der Waals surface area contributed by atoms with E-state index in [1.54, 1.807) is 0 Å². The van der Waals surface area contributed by atoms with E-state index in [1.165, 1.54) is 11.3 Å². The molecule has 1 atom stereocenters. The van der Waals surface area contributed by atoms with E-state index in [9.17, 15) is 9.90 Å². The highest BCUT2D eigenvalue weighted by molar-refractivity contribution is 5.73. The Hall–Kier alpha value is -2.30. The van der Waals surface area contributed by atoms with E-state index < -0.39 is 5.97 Å². The molecule has 1 aromatic heterocycles. The number of aliphatic carboxylic acids is 1. The molecular formula is C17H21N3O2. The Morgan fingerprint density at radius 3 is 2.95 bits per heavy atom. The van der Waals surface area contributed by atoms with E-state index in [2.05, 4.69) is 16.1 Å². The fourth-order valence-electron chi connectivity index (χ4n) is 3.14. The van der Waals surface area contributed by atoms with Crippen LogP contribution in [0.25, 0.3) is 0 Å². The van der Waals surface area contributed by atoms with Crippen molar-refractivity contribution in [3.8, 4) is 0 Å². The van der Waals surface area contributed by atoms with Crippen LogP contribution in [0.2, 0.25) is 0 Å². The molecular weight excluding hydrogens is 278 g/mol. The van der Waals surface area contributed by atoms with Crippen molar-refractivity contribution in [1.29, 1.82) is 0 Å². The van der Waals surface area contributed by atoms with Crippen LogP contribution in [0.15, 0.2) is 36.7 Å². The average molecular weight is 299 g/mol. The zero-order chi connectivity index (χ0) is 15.5. The van der Waals surface area contributed by atoms with E-state index in [0.717, 1.165) is 24.9 Å². The van der Waals surface area contributed by atoms with Crippen molar-refractivity contribution in [1.82, 2.24) is 9.78 Å². The number of hydrogen-bond donors (Lipinski definition) is 1. The lowest BCUT2D eigenvalue weighted by Gasteiger charge is -2.34. The second-order valence-electron chi connectivity index (χ2n) is 5.94. The molecule has 0 amide bonds. The average Bonchev–Trinajstić information content (AvgIpc) is 2.92. The standard InChI is InChI=1S/C17H21N3O2/c1-19-11-13(10-18-19)5-4-8-20-12-15(17(21)22)9-14-6-2-3-7-16(14)20/h2-3,6-7,10-11,15H,4-5,8-9,12H2,1H3,(H,21,22). The van der Waals surface area contributed by atoms with E-state index in [0.29, 0.717) is 13.0 Å². The minimum atomic E-state index is -0.702. The number of hydrogen-bond acceptors (Lipinski definition) is 3. The van der Waals surface area contributed by atoms with Crippen LogP contribution in [-0.4, -0.2) is 33.9 Å². The number of aryl methyl sites for hydroxylation is 2. The fraction of sp³-hybridized carbons (Fsp3) is 0.412. The lowest BCUT2D eigenvalue weighted by atomic mass is 9.92. The zero-order valence-corrected chi connectivity index (χ0v) is 12.8. The van der Waals surface area contributed by atoms with Gasteiger partial charge in [0.2, 0.25) is 0 Å². The Balaban J connectivity index is 1.67. The van der Waals surface area contributed by atoms with Crippen LogP contribution >= 0.6 is 0 Å². The Labute approximate surface area is 130 Å². The van der Waals surface area contributed by atoms with Crippen LogP contribution < -0.4 is 4.90 Å². The molecule has 1 unspecified atom stereocenters. The Morgan fingerprint density at radius 2 is 2.23 bits per heavy atom. The van der Waals surface area contributed by atoms with E-state index in [4.69, 9.17) is 0 Å². The molecule has 1 aromatic carbocycles. The van der Waals surface area contributed by atoms with Gasteiger partial charge in [0.05, 0.1) is 12.1 Å². The highest BCUT2D eigenvalue weighted by Crippen LogP contribution is 2.29. The molecule has 1 aliphatic rings. The maximum atomic E-state index is 11.4. The second kappa shape index (κ2) is 6.22. The molecule has 22 heavy (non-hydrogen) atoms. The van der Waals surface area contributed by atoms with Crippen molar-refractivity contribution in [2.45, 2.75) is 19.3 Å². The number of benzene rings is 1. The van der Waals surface area contributed by atoms with Gasteiger partial charge in [-0.15, -0.1) is 0 Å². The van der Waals surface area contributed by atoms with Crippen molar-refractivity contribution < 1.29 is 9.90 Å². The Bertz CT molecular complexity index is 665. The molecule has 116 valence electrons. The number of anilines is 1. The van der Waals surface area contributed by atoms with Crippen molar-refractivity contribution in [2.24, 2.45) is 13.0 Å². The second-order valence-corrected chi connectivity index (χ2v) is 5.94. The normalized spacial score (nSPS) is 17.3. The number of fused-ring (bicyclic) bond motifs is 1. The quantitative estimate of drug-likeness (QED) is 0.918. The fourth-order valence-corrected chi connectivity index (χ4v) is 3.14. The number of nitrogens with zero attached hydrogens (tertiary/aromatic N) is 3. The van der Waals surface area contributed by atoms with E-state index in [-0.39, 0.29) is 5.92 Å². The molecule has 0 aliphatic carbocycles. The van der Waals surface area contributed by atoms with Crippen LogP contribution in [0.4, 0.5) is 5.69 Å². The maximum Gasteiger partial charge on any atom is 0.308 e. The summed E-state index contributed by atoms with van der Waals surface area (Å²) in [5.74, 6) is -1.01. The van der Waals surface area contributed by atoms with Gasteiger partial charge in [0.25, 0.3) is 0 Å². The smallest absolute Gasteiger partial charge is 0.308 e. The van der Waals surface area contributed by atoms with Gasteiger partial charge in [-0.25, -0.2) is 0 Å². The molecule has 2 aromatic rings. The third-order valence-electron chi connectivity index (χ3n) is 4.24. The first-order valence-electron chi connectivity index (χ1n) is 7.66. The lowest BCUT2D eigenvalue weighted by molar-refractivity contribution is -0.141. The zero-order valence-electron chi connectivity index (χ0n) is 12.8. The van der Waals surface area contributed by atoms with Crippen molar-refractivity contribution in [2.75, 3.05) is 18.0 Å². The summed E-state index contributed by atoms with van der Waals surface area (Å²) in [4.78, 5) is 13.6. The summed E-state index contributed by atoms with van der Waals surface area (Å²) in [6.45, 7) is 1.47. The molecule has 5 heteroatoms. The van der Waals surface area contributed by atoms with Gasteiger partial charge >= 0.3 is 5.97 Å². The summed E-state index contributed by atoms with van der Waals surface area (Å²) >= 11 is 0. The molecule has 0 radical (unpaired) electrons. The molecule has 1 N–H and O–H groups in total. The van der Waals surface area contributed by atoms with Gasteiger partial charge in [-0.2, -0.15) is 5.10 Å². The van der Waals surface area contributed by atoms with Crippen LogP contribution in [0.3, 0.4) is 0 Å². The minimum Gasteiger partial charge on any atom is -0.481 e. The van der Waals surface area contributed by atoms with Crippen LogP contribution in [-0.2, 0) is 24.7 Å². The number of para-hydroxylation sites is 1. The summed E-state index contributed by atoms with van der Waals surface area (Å²) in [7, 11) is 1.92. The molecule has 0 spiro atoms. The first kappa shape index (κ1) is 14.6. The molecule has 0 bridgehead atoms. The van der Waals surface area contributed by atoms with Crippen molar-refractivity contribution in [3.63, 3.8) is 0 Å². The number of carbonyl (C=O) groups is 1. The summed E-state index contributed by atoms with van der Waals surface area (Å²) < 4.78 is 1.81. The summed E-state index contributed by atoms with van der Waals surface area (Å²) in [5.41, 5.74) is 3.55. The van der Waals surface area contributed by atoms with Gasteiger partial charge in [-0.1, -0.05) is 18.2 Å². The summed E-state index contributed by atoms with van der Waals surface area (Å²) in [6.07, 6.45) is 6.51. The van der Waals surface area contributed by atoms with Gasteiger partial charge < -0.3 is 10.0 Å². The third-order valence-corrected chi connectivity index (χ3v) is 4.24. The molecule has 3 rings (SSSR count). The van der Waals surface area contributed by atoms with Gasteiger partial charge in [-0.3, -0.25) is 9.48 Å². The maximum absolute atomic E-state index is 11.4. The first-order chi connectivity index (χ1) is 10.6.